The zero-order valence-corrected chi connectivity index (χ0v) is 27.8. The molecule has 240 valence electrons. The Labute approximate surface area is 295 Å². The highest BCUT2D eigenvalue weighted by molar-refractivity contribution is 6.16. The number of hydrogen-bond acceptors (Lipinski definition) is 2. The molecular formula is C47H32N4. The van der Waals surface area contributed by atoms with Gasteiger partial charge in [0.1, 0.15) is 0 Å². The fraction of sp³-hybridized carbons (Fsp3) is 0. The van der Waals surface area contributed by atoms with Gasteiger partial charge in [0.25, 0.3) is 0 Å². The lowest BCUT2D eigenvalue weighted by Gasteiger charge is -2.27. The maximum absolute atomic E-state index is 4.32. The van der Waals surface area contributed by atoms with Crippen LogP contribution >= 0.6 is 0 Å². The number of hydrogen-bond donors (Lipinski definition) is 0. The van der Waals surface area contributed by atoms with Gasteiger partial charge < -0.3 is 14.0 Å². The van der Waals surface area contributed by atoms with Crippen LogP contribution in [0.2, 0.25) is 0 Å². The van der Waals surface area contributed by atoms with Crippen molar-refractivity contribution in [1.29, 1.82) is 0 Å². The second-order valence-electron chi connectivity index (χ2n) is 12.9. The Morgan fingerprint density at radius 2 is 0.902 bits per heavy atom. The first-order valence-electron chi connectivity index (χ1n) is 17.3. The smallest absolute Gasteiger partial charge is 0.0562 e. The molecule has 0 aliphatic heterocycles. The number of benzene rings is 7. The molecule has 4 heteroatoms. The van der Waals surface area contributed by atoms with E-state index in [1.807, 2.05) is 18.5 Å². The van der Waals surface area contributed by atoms with Crippen molar-refractivity contribution in [2.45, 2.75) is 0 Å². The highest BCUT2D eigenvalue weighted by Crippen LogP contribution is 2.44. The van der Waals surface area contributed by atoms with Gasteiger partial charge in [0.15, 0.2) is 0 Å². The standard InChI is InChI=1S/C47H32N4/c1-2-13-35(14-3-1)49(36-27-29-38(30-28-36)50-42-18-7-4-15-39(42)40-16-5-8-19-43(40)50)45-21-10-22-46-47(45)41-17-6-9-20-44(41)51(46)37-25-23-33(24-26-37)34-12-11-31-48-32-34/h1-32H. The molecule has 0 saturated carbocycles. The van der Waals surface area contributed by atoms with Gasteiger partial charge in [0, 0.05) is 56.7 Å². The van der Waals surface area contributed by atoms with Crippen LogP contribution in [0.25, 0.3) is 66.1 Å². The van der Waals surface area contributed by atoms with Gasteiger partial charge >= 0.3 is 0 Å². The van der Waals surface area contributed by atoms with Gasteiger partial charge in [-0.1, -0.05) is 97.1 Å². The lowest BCUT2D eigenvalue weighted by atomic mass is 10.1. The van der Waals surface area contributed by atoms with E-state index in [4.69, 9.17) is 0 Å². The van der Waals surface area contributed by atoms with Crippen LogP contribution in [0.15, 0.2) is 194 Å². The number of nitrogens with zero attached hydrogens (tertiary/aromatic N) is 4. The van der Waals surface area contributed by atoms with Crippen molar-refractivity contribution in [3.63, 3.8) is 0 Å². The van der Waals surface area contributed by atoms with Crippen LogP contribution < -0.4 is 4.90 Å². The summed E-state index contributed by atoms with van der Waals surface area (Å²) in [6.45, 7) is 0. The SMILES string of the molecule is c1ccc(N(c2ccc(-n3c4ccccc4c4ccccc43)cc2)c2cccc3c2c2ccccc2n3-c2ccc(-c3cccnc3)cc2)cc1. The molecular weight excluding hydrogens is 621 g/mol. The van der Waals surface area contributed by atoms with E-state index >= 15 is 0 Å². The summed E-state index contributed by atoms with van der Waals surface area (Å²) in [5.41, 5.74) is 12.6. The van der Waals surface area contributed by atoms with Gasteiger partial charge in [0.05, 0.1) is 27.8 Å². The molecule has 10 rings (SSSR count). The van der Waals surface area contributed by atoms with E-state index in [1.54, 1.807) is 0 Å². The second kappa shape index (κ2) is 11.9. The van der Waals surface area contributed by atoms with Crippen molar-refractivity contribution in [1.82, 2.24) is 14.1 Å². The fourth-order valence-electron chi connectivity index (χ4n) is 7.76. The van der Waals surface area contributed by atoms with Gasteiger partial charge in [-0.2, -0.15) is 0 Å². The Balaban J connectivity index is 1.15. The van der Waals surface area contributed by atoms with Crippen molar-refractivity contribution in [3.05, 3.63) is 194 Å². The molecule has 0 atom stereocenters. The van der Waals surface area contributed by atoms with Crippen molar-refractivity contribution in [2.24, 2.45) is 0 Å². The minimum atomic E-state index is 1.09. The third-order valence-corrected chi connectivity index (χ3v) is 10.00. The molecule has 0 bridgehead atoms. The van der Waals surface area contributed by atoms with Crippen molar-refractivity contribution in [3.8, 4) is 22.5 Å². The Kier molecular flexibility index (Phi) is 6.78. The zero-order chi connectivity index (χ0) is 33.7. The summed E-state index contributed by atoms with van der Waals surface area (Å²) >= 11 is 0. The van der Waals surface area contributed by atoms with Crippen LogP contribution in [0.4, 0.5) is 17.1 Å². The molecule has 51 heavy (non-hydrogen) atoms. The number of aromatic nitrogens is 3. The molecule has 3 aromatic heterocycles. The summed E-state index contributed by atoms with van der Waals surface area (Å²) in [7, 11) is 0. The predicted octanol–water partition coefficient (Wildman–Crippen LogP) is 12.4. The molecule has 0 spiro atoms. The van der Waals surface area contributed by atoms with E-state index in [9.17, 15) is 0 Å². The van der Waals surface area contributed by atoms with Gasteiger partial charge in [0.2, 0.25) is 0 Å². The molecule has 0 fully saturated rings. The maximum Gasteiger partial charge on any atom is 0.0562 e. The normalized spacial score (nSPS) is 11.5. The molecule has 0 amide bonds. The molecule has 3 heterocycles. The summed E-state index contributed by atoms with van der Waals surface area (Å²) in [4.78, 5) is 6.71. The third-order valence-electron chi connectivity index (χ3n) is 10.00. The summed E-state index contributed by atoms with van der Waals surface area (Å²) in [6.07, 6.45) is 3.72. The number of rotatable bonds is 6. The van der Waals surface area contributed by atoms with E-state index in [1.165, 1.54) is 38.1 Å². The third kappa shape index (κ3) is 4.72. The molecule has 10 aromatic rings. The average Bonchev–Trinajstić information content (AvgIpc) is 3.73. The fourth-order valence-corrected chi connectivity index (χ4v) is 7.76. The molecule has 7 aromatic carbocycles. The number of fused-ring (bicyclic) bond motifs is 6. The van der Waals surface area contributed by atoms with Gasteiger partial charge in [-0.3, -0.25) is 4.98 Å². The van der Waals surface area contributed by atoms with Crippen LogP contribution in [0.5, 0.6) is 0 Å². The minimum absolute atomic E-state index is 1.09. The number of pyridine rings is 1. The summed E-state index contributed by atoms with van der Waals surface area (Å²) in [5.74, 6) is 0. The van der Waals surface area contributed by atoms with E-state index in [0.717, 1.165) is 45.1 Å². The van der Waals surface area contributed by atoms with Crippen LogP contribution in [0, 0.1) is 0 Å². The topological polar surface area (TPSA) is 26.0 Å². The first-order valence-corrected chi connectivity index (χ1v) is 17.3. The Hall–Kier alpha value is -6.91. The van der Waals surface area contributed by atoms with Crippen molar-refractivity contribution < 1.29 is 0 Å². The van der Waals surface area contributed by atoms with E-state index < -0.39 is 0 Å². The second-order valence-corrected chi connectivity index (χ2v) is 12.9. The van der Waals surface area contributed by atoms with Gasteiger partial charge in [-0.25, -0.2) is 0 Å². The first-order chi connectivity index (χ1) is 25.3. The van der Waals surface area contributed by atoms with E-state index in [-0.39, 0.29) is 0 Å². The molecule has 0 saturated heterocycles. The Bertz CT molecular complexity index is 2780. The monoisotopic (exact) mass is 652 g/mol. The summed E-state index contributed by atoms with van der Waals surface area (Å²) in [6, 6.07) is 65.3. The highest BCUT2D eigenvalue weighted by Gasteiger charge is 2.21. The number of anilines is 3. The molecule has 0 aliphatic carbocycles. The van der Waals surface area contributed by atoms with Crippen LogP contribution in [0.3, 0.4) is 0 Å². The zero-order valence-electron chi connectivity index (χ0n) is 27.8. The van der Waals surface area contributed by atoms with Crippen LogP contribution in [0.1, 0.15) is 0 Å². The van der Waals surface area contributed by atoms with Crippen LogP contribution in [-0.2, 0) is 0 Å². The lowest BCUT2D eigenvalue weighted by Crippen LogP contribution is -2.10. The Morgan fingerprint density at radius 1 is 0.373 bits per heavy atom. The molecule has 0 aliphatic rings. The van der Waals surface area contributed by atoms with Gasteiger partial charge in [-0.05, 0) is 96.1 Å². The Morgan fingerprint density at radius 3 is 1.55 bits per heavy atom. The maximum atomic E-state index is 4.32. The molecule has 0 unspecified atom stereocenters. The summed E-state index contributed by atoms with van der Waals surface area (Å²) < 4.78 is 4.75. The largest absolute Gasteiger partial charge is 0.310 e. The van der Waals surface area contributed by atoms with E-state index in [0.29, 0.717) is 0 Å². The average molecular weight is 653 g/mol. The molecule has 0 radical (unpaired) electrons. The van der Waals surface area contributed by atoms with Gasteiger partial charge in [-0.15, -0.1) is 0 Å². The minimum Gasteiger partial charge on any atom is -0.310 e. The highest BCUT2D eigenvalue weighted by atomic mass is 15.1. The predicted molar refractivity (Wildman–Crippen MR) is 213 cm³/mol. The summed E-state index contributed by atoms with van der Waals surface area (Å²) in [5, 5.41) is 4.94. The lowest BCUT2D eigenvalue weighted by molar-refractivity contribution is 1.17. The van der Waals surface area contributed by atoms with Crippen molar-refractivity contribution in [2.75, 3.05) is 4.90 Å². The first kappa shape index (κ1) is 29.0. The van der Waals surface area contributed by atoms with Crippen molar-refractivity contribution >= 4 is 60.7 Å². The van der Waals surface area contributed by atoms with E-state index in [2.05, 4.69) is 195 Å². The molecule has 4 nitrogen and oxygen atoms in total. The number of para-hydroxylation sites is 4. The quantitative estimate of drug-likeness (QED) is 0.179. The molecule has 0 N–H and O–H groups in total. The van der Waals surface area contributed by atoms with Crippen LogP contribution in [-0.4, -0.2) is 14.1 Å².